The highest BCUT2D eigenvalue weighted by atomic mass is 32.2. The first-order chi connectivity index (χ1) is 9.54. The number of carbonyl (C=O) groups is 1. The van der Waals surface area contributed by atoms with Crippen LogP contribution in [0.2, 0.25) is 0 Å². The summed E-state index contributed by atoms with van der Waals surface area (Å²) in [4.78, 5) is 20.1. The molecule has 0 aliphatic carbocycles. The maximum atomic E-state index is 12.0. The van der Waals surface area contributed by atoms with E-state index in [2.05, 4.69) is 15.3 Å². The van der Waals surface area contributed by atoms with E-state index >= 15 is 0 Å². The van der Waals surface area contributed by atoms with E-state index in [1.165, 1.54) is 17.8 Å². The Balaban J connectivity index is 2.00. The van der Waals surface area contributed by atoms with Gasteiger partial charge >= 0.3 is 0 Å². The van der Waals surface area contributed by atoms with Crippen LogP contribution in [0.1, 0.15) is 6.92 Å². The van der Waals surface area contributed by atoms with Crippen LogP contribution < -0.4 is 16.8 Å². The van der Waals surface area contributed by atoms with Crippen molar-refractivity contribution in [3.63, 3.8) is 0 Å². The fourth-order valence-corrected chi connectivity index (χ4v) is 2.29. The van der Waals surface area contributed by atoms with Crippen LogP contribution in [0.4, 0.5) is 17.3 Å². The molecule has 0 spiro atoms. The van der Waals surface area contributed by atoms with Gasteiger partial charge < -0.3 is 16.8 Å². The zero-order valence-corrected chi connectivity index (χ0v) is 11.7. The van der Waals surface area contributed by atoms with Crippen molar-refractivity contribution in [3.05, 3.63) is 36.4 Å². The Labute approximate surface area is 121 Å². The second-order valence-electron chi connectivity index (χ2n) is 4.12. The molecule has 5 N–H and O–H groups in total. The number of benzene rings is 1. The van der Waals surface area contributed by atoms with Crippen molar-refractivity contribution in [2.24, 2.45) is 0 Å². The molecule has 0 saturated heterocycles. The number of para-hydroxylation sites is 1. The number of thioether (sulfide) groups is 1. The van der Waals surface area contributed by atoms with Gasteiger partial charge in [-0.15, -0.1) is 0 Å². The highest BCUT2D eigenvalue weighted by molar-refractivity contribution is 8.00. The third-order valence-corrected chi connectivity index (χ3v) is 3.40. The lowest BCUT2D eigenvalue weighted by Crippen LogP contribution is -2.22. The lowest BCUT2D eigenvalue weighted by atomic mass is 10.3. The Morgan fingerprint density at radius 3 is 2.40 bits per heavy atom. The molecule has 0 aliphatic heterocycles. The molecule has 1 aromatic heterocycles. The van der Waals surface area contributed by atoms with Crippen LogP contribution in [0.3, 0.4) is 0 Å². The molecule has 2 aromatic rings. The number of hydrogen-bond acceptors (Lipinski definition) is 6. The van der Waals surface area contributed by atoms with Crippen molar-refractivity contribution in [2.45, 2.75) is 17.3 Å². The maximum Gasteiger partial charge on any atom is 0.237 e. The van der Waals surface area contributed by atoms with Crippen molar-refractivity contribution in [2.75, 3.05) is 16.8 Å². The van der Waals surface area contributed by atoms with E-state index < -0.39 is 0 Å². The number of nitrogens with two attached hydrogens (primary N) is 2. The van der Waals surface area contributed by atoms with Crippen molar-refractivity contribution in [1.82, 2.24) is 9.97 Å². The topological polar surface area (TPSA) is 107 Å². The van der Waals surface area contributed by atoms with Crippen LogP contribution >= 0.6 is 11.8 Å². The molecule has 0 bridgehead atoms. The first kappa shape index (κ1) is 14.1. The van der Waals surface area contributed by atoms with E-state index in [-0.39, 0.29) is 22.8 Å². The van der Waals surface area contributed by atoms with E-state index in [1.54, 1.807) is 6.92 Å². The van der Waals surface area contributed by atoms with E-state index in [4.69, 9.17) is 11.5 Å². The minimum absolute atomic E-state index is 0.134. The Morgan fingerprint density at radius 2 is 1.80 bits per heavy atom. The van der Waals surface area contributed by atoms with Gasteiger partial charge in [0.05, 0.1) is 5.25 Å². The summed E-state index contributed by atoms with van der Waals surface area (Å²) >= 11 is 1.20. The van der Waals surface area contributed by atoms with Crippen LogP contribution in [0, 0.1) is 0 Å². The number of amides is 1. The van der Waals surface area contributed by atoms with Gasteiger partial charge in [0, 0.05) is 11.8 Å². The van der Waals surface area contributed by atoms with Gasteiger partial charge in [0.15, 0.2) is 5.16 Å². The fraction of sp³-hybridized carbons (Fsp3) is 0.154. The minimum atomic E-state index is -0.364. The second-order valence-corrected chi connectivity index (χ2v) is 5.42. The Kier molecular flexibility index (Phi) is 4.41. The lowest BCUT2D eigenvalue weighted by Gasteiger charge is -2.11. The fourth-order valence-electron chi connectivity index (χ4n) is 1.49. The van der Waals surface area contributed by atoms with Crippen LogP contribution in [0.25, 0.3) is 0 Å². The van der Waals surface area contributed by atoms with Crippen molar-refractivity contribution in [3.8, 4) is 0 Å². The normalized spacial score (nSPS) is 11.8. The van der Waals surface area contributed by atoms with E-state index in [0.717, 1.165) is 5.69 Å². The van der Waals surface area contributed by atoms with Gasteiger partial charge in [-0.1, -0.05) is 30.0 Å². The average molecular weight is 289 g/mol. The maximum absolute atomic E-state index is 12.0. The first-order valence-corrected chi connectivity index (χ1v) is 6.85. The summed E-state index contributed by atoms with van der Waals surface area (Å²) in [6, 6.07) is 10.7. The Hall–Kier alpha value is -2.28. The molecule has 0 saturated carbocycles. The summed E-state index contributed by atoms with van der Waals surface area (Å²) in [5.74, 6) is 0.442. The van der Waals surface area contributed by atoms with Crippen LogP contribution in [-0.2, 0) is 4.79 Å². The molecule has 1 atom stereocenters. The van der Waals surface area contributed by atoms with Gasteiger partial charge in [0.1, 0.15) is 11.6 Å². The number of hydrogen-bond donors (Lipinski definition) is 3. The number of nitrogens with zero attached hydrogens (tertiary/aromatic N) is 2. The first-order valence-electron chi connectivity index (χ1n) is 5.97. The number of rotatable bonds is 4. The molecule has 7 heteroatoms. The minimum Gasteiger partial charge on any atom is -0.383 e. The molecule has 20 heavy (non-hydrogen) atoms. The third-order valence-electron chi connectivity index (χ3n) is 2.44. The van der Waals surface area contributed by atoms with Crippen LogP contribution in [-0.4, -0.2) is 21.1 Å². The molecule has 1 heterocycles. The molecule has 104 valence electrons. The summed E-state index contributed by atoms with van der Waals surface area (Å²) in [6.07, 6.45) is 0. The van der Waals surface area contributed by atoms with E-state index in [9.17, 15) is 4.79 Å². The zero-order chi connectivity index (χ0) is 14.5. The quantitative estimate of drug-likeness (QED) is 0.585. The van der Waals surface area contributed by atoms with Crippen molar-refractivity contribution >= 4 is 35.0 Å². The Bertz CT molecular complexity index is 585. The number of nitrogen functional groups attached to an aromatic ring is 2. The number of nitrogens with one attached hydrogen (secondary N) is 1. The number of anilines is 3. The molecule has 6 nitrogen and oxygen atoms in total. The predicted octanol–water partition coefficient (Wildman–Crippen LogP) is 1.76. The highest BCUT2D eigenvalue weighted by Gasteiger charge is 2.16. The molecular weight excluding hydrogens is 274 g/mol. The van der Waals surface area contributed by atoms with E-state index in [0.29, 0.717) is 5.16 Å². The van der Waals surface area contributed by atoms with Crippen molar-refractivity contribution < 1.29 is 4.79 Å². The highest BCUT2D eigenvalue weighted by Crippen LogP contribution is 2.22. The lowest BCUT2D eigenvalue weighted by molar-refractivity contribution is -0.115. The summed E-state index contributed by atoms with van der Waals surface area (Å²) < 4.78 is 0. The van der Waals surface area contributed by atoms with Gasteiger partial charge in [-0.25, -0.2) is 9.97 Å². The molecule has 0 fully saturated rings. The van der Waals surface area contributed by atoms with E-state index in [1.807, 2.05) is 30.3 Å². The van der Waals surface area contributed by atoms with Gasteiger partial charge in [-0.3, -0.25) is 4.79 Å². The molecule has 1 unspecified atom stereocenters. The smallest absolute Gasteiger partial charge is 0.237 e. The van der Waals surface area contributed by atoms with Crippen LogP contribution in [0.15, 0.2) is 41.6 Å². The molecule has 1 amide bonds. The number of carbonyl (C=O) groups excluding carboxylic acids is 1. The molecule has 1 aromatic carbocycles. The SMILES string of the molecule is CC(Sc1nc(N)cc(N)n1)C(=O)Nc1ccccc1. The van der Waals surface area contributed by atoms with Crippen molar-refractivity contribution in [1.29, 1.82) is 0 Å². The summed E-state index contributed by atoms with van der Waals surface area (Å²) in [7, 11) is 0. The van der Waals surface area contributed by atoms with Crippen LogP contribution in [0.5, 0.6) is 0 Å². The summed E-state index contributed by atoms with van der Waals surface area (Å²) in [6.45, 7) is 1.77. The van der Waals surface area contributed by atoms with Gasteiger partial charge in [0.2, 0.25) is 5.91 Å². The van der Waals surface area contributed by atoms with Gasteiger partial charge in [-0.2, -0.15) is 0 Å². The standard InChI is InChI=1S/C13H15N5OS/c1-8(12(19)16-9-5-3-2-4-6-9)20-13-17-10(14)7-11(15)18-13/h2-8H,1H3,(H,16,19)(H4,14,15,17,18). The summed E-state index contributed by atoms with van der Waals surface area (Å²) in [5.41, 5.74) is 11.9. The average Bonchev–Trinajstić information content (AvgIpc) is 2.38. The monoisotopic (exact) mass is 289 g/mol. The second kappa shape index (κ2) is 6.25. The van der Waals surface area contributed by atoms with Gasteiger partial charge in [-0.05, 0) is 19.1 Å². The molecule has 0 radical (unpaired) electrons. The number of aromatic nitrogens is 2. The molecular formula is C13H15N5OS. The Morgan fingerprint density at radius 1 is 1.20 bits per heavy atom. The zero-order valence-electron chi connectivity index (χ0n) is 10.9. The third kappa shape index (κ3) is 3.86. The molecule has 0 aliphatic rings. The predicted molar refractivity (Wildman–Crippen MR) is 81.2 cm³/mol. The molecule has 2 rings (SSSR count). The van der Waals surface area contributed by atoms with Gasteiger partial charge in [0.25, 0.3) is 0 Å². The largest absolute Gasteiger partial charge is 0.383 e. The summed E-state index contributed by atoms with van der Waals surface area (Å²) in [5, 5.41) is 2.84.